The SMILES string of the molecule is N[C@@H]1CCOC[C@H]1NC(=O)OCc1ccccc1. The summed E-state index contributed by atoms with van der Waals surface area (Å²) >= 11 is 0. The first-order valence-corrected chi connectivity index (χ1v) is 6.06. The molecule has 5 heteroatoms. The smallest absolute Gasteiger partial charge is 0.407 e. The molecule has 1 fully saturated rings. The van der Waals surface area contributed by atoms with E-state index < -0.39 is 6.09 Å². The van der Waals surface area contributed by atoms with Crippen LogP contribution in [0.3, 0.4) is 0 Å². The summed E-state index contributed by atoms with van der Waals surface area (Å²) in [7, 11) is 0. The van der Waals surface area contributed by atoms with Crippen LogP contribution in [0.15, 0.2) is 30.3 Å². The maximum Gasteiger partial charge on any atom is 0.407 e. The molecule has 1 heterocycles. The lowest BCUT2D eigenvalue weighted by atomic mass is 10.1. The number of ether oxygens (including phenoxy) is 2. The fraction of sp³-hybridized carbons (Fsp3) is 0.462. The van der Waals surface area contributed by atoms with Gasteiger partial charge >= 0.3 is 6.09 Å². The molecule has 0 saturated carbocycles. The Morgan fingerprint density at radius 3 is 2.94 bits per heavy atom. The molecule has 0 aromatic heterocycles. The second kappa shape index (κ2) is 6.37. The van der Waals surface area contributed by atoms with E-state index in [1.807, 2.05) is 30.3 Å². The summed E-state index contributed by atoms with van der Waals surface area (Å²) in [5.74, 6) is 0. The van der Waals surface area contributed by atoms with Gasteiger partial charge < -0.3 is 20.5 Å². The van der Waals surface area contributed by atoms with Gasteiger partial charge in [0.1, 0.15) is 6.61 Å². The molecule has 1 aromatic rings. The van der Waals surface area contributed by atoms with Gasteiger partial charge in [-0.25, -0.2) is 4.79 Å². The molecule has 98 valence electrons. The second-order valence-electron chi connectivity index (χ2n) is 4.34. The third kappa shape index (κ3) is 3.72. The minimum absolute atomic E-state index is 0.0666. The highest BCUT2D eigenvalue weighted by Gasteiger charge is 2.24. The third-order valence-corrected chi connectivity index (χ3v) is 2.93. The molecule has 18 heavy (non-hydrogen) atoms. The highest BCUT2D eigenvalue weighted by atomic mass is 16.5. The Morgan fingerprint density at radius 1 is 1.44 bits per heavy atom. The number of hydrogen-bond donors (Lipinski definition) is 2. The highest BCUT2D eigenvalue weighted by molar-refractivity contribution is 5.67. The number of nitrogens with two attached hydrogens (primary N) is 1. The monoisotopic (exact) mass is 250 g/mol. The van der Waals surface area contributed by atoms with Gasteiger partial charge in [-0.2, -0.15) is 0 Å². The quantitative estimate of drug-likeness (QED) is 0.840. The number of nitrogens with one attached hydrogen (secondary N) is 1. The van der Waals surface area contributed by atoms with Crippen molar-refractivity contribution in [2.45, 2.75) is 25.1 Å². The Kier molecular flexibility index (Phi) is 4.55. The maximum absolute atomic E-state index is 11.6. The molecule has 0 radical (unpaired) electrons. The Balaban J connectivity index is 1.75. The van der Waals surface area contributed by atoms with Crippen LogP contribution in [0, 0.1) is 0 Å². The van der Waals surface area contributed by atoms with Gasteiger partial charge in [-0.3, -0.25) is 0 Å². The third-order valence-electron chi connectivity index (χ3n) is 2.93. The summed E-state index contributed by atoms with van der Waals surface area (Å²) in [6, 6.07) is 9.31. The molecular formula is C13H18N2O3. The standard InChI is InChI=1S/C13H18N2O3/c14-11-6-7-17-9-12(11)15-13(16)18-8-10-4-2-1-3-5-10/h1-5,11-12H,6-9,14H2,(H,15,16)/t11-,12-/m1/s1. The number of rotatable bonds is 3. The number of amides is 1. The fourth-order valence-electron chi connectivity index (χ4n) is 1.82. The van der Waals surface area contributed by atoms with Gasteiger partial charge in [0, 0.05) is 12.6 Å². The molecule has 0 unspecified atom stereocenters. The Morgan fingerprint density at radius 2 is 2.22 bits per heavy atom. The molecular weight excluding hydrogens is 232 g/mol. The number of hydrogen-bond acceptors (Lipinski definition) is 4. The van der Waals surface area contributed by atoms with Crippen molar-refractivity contribution in [2.75, 3.05) is 13.2 Å². The lowest BCUT2D eigenvalue weighted by Crippen LogP contribution is -2.53. The molecule has 1 aliphatic rings. The molecule has 2 atom stereocenters. The first kappa shape index (κ1) is 12.9. The van der Waals surface area contributed by atoms with E-state index in [1.54, 1.807) is 0 Å². The average molecular weight is 250 g/mol. The summed E-state index contributed by atoms with van der Waals surface area (Å²) in [6.07, 6.45) is 0.300. The Bertz CT molecular complexity index is 383. The zero-order valence-corrected chi connectivity index (χ0v) is 10.2. The van der Waals surface area contributed by atoms with Gasteiger partial charge in [0.2, 0.25) is 0 Å². The van der Waals surface area contributed by atoms with Gasteiger partial charge in [-0.15, -0.1) is 0 Å². The summed E-state index contributed by atoms with van der Waals surface area (Å²) in [4.78, 5) is 11.6. The van der Waals surface area contributed by atoms with Crippen molar-refractivity contribution in [2.24, 2.45) is 5.73 Å². The first-order valence-electron chi connectivity index (χ1n) is 6.06. The summed E-state index contributed by atoms with van der Waals surface area (Å²) in [5.41, 5.74) is 6.84. The van der Waals surface area contributed by atoms with E-state index in [1.165, 1.54) is 0 Å². The molecule has 0 bridgehead atoms. The normalized spacial score (nSPS) is 23.4. The van der Waals surface area contributed by atoms with E-state index in [0.717, 1.165) is 12.0 Å². The predicted octanol–water partition coefficient (Wildman–Crippen LogP) is 1.03. The number of carbonyl (C=O) groups is 1. The van der Waals surface area contributed by atoms with E-state index in [-0.39, 0.29) is 18.7 Å². The Labute approximate surface area is 106 Å². The van der Waals surface area contributed by atoms with E-state index in [4.69, 9.17) is 15.2 Å². The zero-order valence-electron chi connectivity index (χ0n) is 10.2. The van der Waals surface area contributed by atoms with Crippen molar-refractivity contribution < 1.29 is 14.3 Å². The summed E-state index contributed by atoms with van der Waals surface area (Å²) in [5, 5.41) is 2.73. The summed E-state index contributed by atoms with van der Waals surface area (Å²) < 4.78 is 10.4. The van der Waals surface area contributed by atoms with Crippen LogP contribution in [-0.2, 0) is 16.1 Å². The van der Waals surface area contributed by atoms with Gasteiger partial charge in [0.05, 0.1) is 12.6 Å². The first-order chi connectivity index (χ1) is 8.75. The minimum atomic E-state index is -0.454. The predicted molar refractivity (Wildman–Crippen MR) is 67.0 cm³/mol. The Hall–Kier alpha value is -1.59. The molecule has 1 amide bonds. The van der Waals surface area contributed by atoms with Gasteiger partial charge in [-0.1, -0.05) is 30.3 Å². The van der Waals surface area contributed by atoms with Crippen LogP contribution in [-0.4, -0.2) is 31.4 Å². The maximum atomic E-state index is 11.6. The molecule has 0 spiro atoms. The molecule has 3 N–H and O–H groups in total. The second-order valence-corrected chi connectivity index (χ2v) is 4.34. The van der Waals surface area contributed by atoms with E-state index in [2.05, 4.69) is 5.32 Å². The van der Waals surface area contributed by atoms with Crippen LogP contribution < -0.4 is 11.1 Å². The lowest BCUT2D eigenvalue weighted by molar-refractivity contribution is 0.0537. The number of benzene rings is 1. The fourth-order valence-corrected chi connectivity index (χ4v) is 1.82. The molecule has 1 aliphatic heterocycles. The molecule has 1 aromatic carbocycles. The number of carbonyl (C=O) groups excluding carboxylic acids is 1. The van der Waals surface area contributed by atoms with Gasteiger partial charge in [-0.05, 0) is 12.0 Å². The van der Waals surface area contributed by atoms with E-state index >= 15 is 0 Å². The average Bonchev–Trinajstić information content (AvgIpc) is 2.40. The zero-order chi connectivity index (χ0) is 12.8. The van der Waals surface area contributed by atoms with E-state index in [9.17, 15) is 4.79 Å². The van der Waals surface area contributed by atoms with Crippen LogP contribution in [0.1, 0.15) is 12.0 Å². The van der Waals surface area contributed by atoms with Crippen molar-refractivity contribution in [1.82, 2.24) is 5.32 Å². The lowest BCUT2D eigenvalue weighted by Gasteiger charge is -2.28. The topological polar surface area (TPSA) is 73.6 Å². The van der Waals surface area contributed by atoms with Crippen LogP contribution >= 0.6 is 0 Å². The van der Waals surface area contributed by atoms with Crippen molar-refractivity contribution in [3.05, 3.63) is 35.9 Å². The van der Waals surface area contributed by atoms with Crippen molar-refractivity contribution in [1.29, 1.82) is 0 Å². The highest BCUT2D eigenvalue weighted by Crippen LogP contribution is 2.06. The van der Waals surface area contributed by atoms with Crippen molar-refractivity contribution >= 4 is 6.09 Å². The van der Waals surface area contributed by atoms with Gasteiger partial charge in [0.15, 0.2) is 0 Å². The van der Waals surface area contributed by atoms with Crippen molar-refractivity contribution in [3.63, 3.8) is 0 Å². The van der Waals surface area contributed by atoms with E-state index in [0.29, 0.717) is 13.2 Å². The van der Waals surface area contributed by atoms with Crippen LogP contribution in [0.2, 0.25) is 0 Å². The molecule has 0 aliphatic carbocycles. The number of alkyl carbamates (subject to hydrolysis) is 1. The largest absolute Gasteiger partial charge is 0.445 e. The molecule has 5 nitrogen and oxygen atoms in total. The van der Waals surface area contributed by atoms with Crippen LogP contribution in [0.5, 0.6) is 0 Å². The van der Waals surface area contributed by atoms with Crippen LogP contribution in [0.4, 0.5) is 4.79 Å². The van der Waals surface area contributed by atoms with Crippen molar-refractivity contribution in [3.8, 4) is 0 Å². The molecule has 1 saturated heterocycles. The van der Waals surface area contributed by atoms with Crippen LogP contribution in [0.25, 0.3) is 0 Å². The summed E-state index contributed by atoms with van der Waals surface area (Å²) in [6.45, 7) is 1.36. The van der Waals surface area contributed by atoms with Gasteiger partial charge in [0.25, 0.3) is 0 Å². The molecule has 2 rings (SSSR count). The minimum Gasteiger partial charge on any atom is -0.445 e.